The standard InChI is InChI=1S/C16H25FN2O/c1-3-19(9-10-20-4-2)16-8-5-13(11-15(16)17)12-18-14-6-7-14/h5,8,11,14,18H,3-4,6-7,9-10,12H2,1-2H3. The van der Waals surface area contributed by atoms with Crippen LogP contribution in [0.3, 0.4) is 0 Å². The Hall–Kier alpha value is -1.13. The zero-order chi connectivity index (χ0) is 14.4. The molecule has 0 radical (unpaired) electrons. The molecule has 1 aromatic carbocycles. The second kappa shape index (κ2) is 7.60. The molecular formula is C16H25FN2O. The molecule has 20 heavy (non-hydrogen) atoms. The molecule has 1 N–H and O–H groups in total. The lowest BCUT2D eigenvalue weighted by atomic mass is 10.1. The molecule has 0 heterocycles. The number of halogens is 1. The summed E-state index contributed by atoms with van der Waals surface area (Å²) in [5.41, 5.74) is 1.68. The van der Waals surface area contributed by atoms with Gasteiger partial charge in [0.15, 0.2) is 0 Å². The summed E-state index contributed by atoms with van der Waals surface area (Å²) in [7, 11) is 0. The summed E-state index contributed by atoms with van der Waals surface area (Å²) in [5, 5.41) is 3.40. The van der Waals surface area contributed by atoms with E-state index in [1.165, 1.54) is 12.8 Å². The third kappa shape index (κ3) is 4.46. The molecule has 2 rings (SSSR count). The summed E-state index contributed by atoms with van der Waals surface area (Å²) in [5.74, 6) is -0.140. The average molecular weight is 280 g/mol. The van der Waals surface area contributed by atoms with Crippen molar-refractivity contribution in [3.05, 3.63) is 29.6 Å². The van der Waals surface area contributed by atoms with Crippen molar-refractivity contribution in [2.24, 2.45) is 0 Å². The van der Waals surface area contributed by atoms with E-state index < -0.39 is 0 Å². The predicted molar refractivity (Wildman–Crippen MR) is 80.6 cm³/mol. The second-order valence-corrected chi connectivity index (χ2v) is 5.22. The maximum atomic E-state index is 14.2. The Labute approximate surface area is 121 Å². The Balaban J connectivity index is 1.94. The normalized spacial score (nSPS) is 14.6. The van der Waals surface area contributed by atoms with E-state index in [2.05, 4.69) is 5.32 Å². The van der Waals surface area contributed by atoms with Crippen LogP contribution in [-0.4, -0.2) is 32.3 Å². The van der Waals surface area contributed by atoms with Gasteiger partial charge in [0.1, 0.15) is 5.82 Å². The summed E-state index contributed by atoms with van der Waals surface area (Å²) in [6, 6.07) is 6.19. The van der Waals surface area contributed by atoms with Gasteiger partial charge in [-0.05, 0) is 44.4 Å². The zero-order valence-electron chi connectivity index (χ0n) is 12.5. The number of nitrogens with one attached hydrogen (secondary N) is 1. The fraction of sp³-hybridized carbons (Fsp3) is 0.625. The summed E-state index contributed by atoms with van der Waals surface area (Å²) in [4.78, 5) is 2.02. The van der Waals surface area contributed by atoms with Crippen LogP contribution in [0.1, 0.15) is 32.3 Å². The minimum Gasteiger partial charge on any atom is -0.380 e. The number of benzene rings is 1. The van der Waals surface area contributed by atoms with Crippen molar-refractivity contribution in [1.82, 2.24) is 5.32 Å². The Morgan fingerprint density at radius 2 is 2.15 bits per heavy atom. The Bertz CT molecular complexity index is 421. The van der Waals surface area contributed by atoms with Gasteiger partial charge in [-0.15, -0.1) is 0 Å². The van der Waals surface area contributed by atoms with Gasteiger partial charge in [-0.25, -0.2) is 4.39 Å². The molecule has 1 aromatic rings. The highest BCUT2D eigenvalue weighted by Crippen LogP contribution is 2.22. The van der Waals surface area contributed by atoms with Crippen LogP contribution < -0.4 is 10.2 Å². The predicted octanol–water partition coefficient (Wildman–Crippen LogP) is 2.94. The minimum absolute atomic E-state index is 0.140. The first kappa shape index (κ1) is 15.3. The molecule has 112 valence electrons. The quantitative estimate of drug-likeness (QED) is 0.704. The number of anilines is 1. The number of nitrogens with zero attached hydrogens (tertiary/aromatic N) is 1. The van der Waals surface area contributed by atoms with Gasteiger partial charge in [0.25, 0.3) is 0 Å². The van der Waals surface area contributed by atoms with E-state index in [4.69, 9.17) is 4.74 Å². The SMILES string of the molecule is CCOCCN(CC)c1ccc(CNC2CC2)cc1F. The lowest BCUT2D eigenvalue weighted by Gasteiger charge is -2.23. The summed E-state index contributed by atoms with van der Waals surface area (Å²) < 4.78 is 19.6. The summed E-state index contributed by atoms with van der Waals surface area (Å²) in [6.45, 7) is 7.60. The van der Waals surface area contributed by atoms with E-state index >= 15 is 0 Å². The maximum absolute atomic E-state index is 14.2. The summed E-state index contributed by atoms with van der Waals surface area (Å²) >= 11 is 0. The molecule has 0 aromatic heterocycles. The van der Waals surface area contributed by atoms with Gasteiger partial charge >= 0.3 is 0 Å². The fourth-order valence-corrected chi connectivity index (χ4v) is 2.23. The Kier molecular flexibility index (Phi) is 5.80. The molecular weight excluding hydrogens is 255 g/mol. The molecule has 0 spiro atoms. The van der Waals surface area contributed by atoms with Crippen LogP contribution in [0.2, 0.25) is 0 Å². The van der Waals surface area contributed by atoms with Crippen LogP contribution in [-0.2, 0) is 11.3 Å². The van der Waals surface area contributed by atoms with Crippen LogP contribution in [0.4, 0.5) is 10.1 Å². The van der Waals surface area contributed by atoms with Crippen molar-refractivity contribution in [3.63, 3.8) is 0 Å². The molecule has 1 fully saturated rings. The van der Waals surface area contributed by atoms with Crippen molar-refractivity contribution in [2.45, 2.75) is 39.3 Å². The highest BCUT2D eigenvalue weighted by molar-refractivity contribution is 5.49. The van der Waals surface area contributed by atoms with E-state index in [0.29, 0.717) is 24.9 Å². The summed E-state index contributed by atoms with van der Waals surface area (Å²) in [6.07, 6.45) is 2.50. The van der Waals surface area contributed by atoms with Crippen molar-refractivity contribution in [2.75, 3.05) is 31.2 Å². The van der Waals surface area contributed by atoms with Gasteiger partial charge < -0.3 is 15.0 Å². The Morgan fingerprint density at radius 3 is 2.75 bits per heavy atom. The fourth-order valence-electron chi connectivity index (χ4n) is 2.23. The van der Waals surface area contributed by atoms with E-state index in [9.17, 15) is 4.39 Å². The largest absolute Gasteiger partial charge is 0.380 e. The molecule has 0 bridgehead atoms. The van der Waals surface area contributed by atoms with Gasteiger partial charge in [0.05, 0.1) is 12.3 Å². The molecule has 4 heteroatoms. The van der Waals surface area contributed by atoms with Crippen molar-refractivity contribution >= 4 is 5.69 Å². The van der Waals surface area contributed by atoms with Crippen LogP contribution >= 0.6 is 0 Å². The molecule has 3 nitrogen and oxygen atoms in total. The third-order valence-corrected chi connectivity index (χ3v) is 3.62. The van der Waals surface area contributed by atoms with Crippen LogP contribution in [0.15, 0.2) is 18.2 Å². The minimum atomic E-state index is -0.140. The number of hydrogen-bond acceptors (Lipinski definition) is 3. The zero-order valence-corrected chi connectivity index (χ0v) is 12.5. The van der Waals surface area contributed by atoms with Crippen molar-refractivity contribution < 1.29 is 9.13 Å². The lowest BCUT2D eigenvalue weighted by molar-refractivity contribution is 0.154. The molecule has 0 saturated heterocycles. The van der Waals surface area contributed by atoms with E-state index in [0.717, 1.165) is 25.2 Å². The van der Waals surface area contributed by atoms with Gasteiger partial charge in [-0.3, -0.25) is 0 Å². The van der Waals surface area contributed by atoms with Gasteiger partial charge in [-0.2, -0.15) is 0 Å². The smallest absolute Gasteiger partial charge is 0.146 e. The highest BCUT2D eigenvalue weighted by atomic mass is 19.1. The monoisotopic (exact) mass is 280 g/mol. The van der Waals surface area contributed by atoms with E-state index in [1.807, 2.05) is 30.9 Å². The van der Waals surface area contributed by atoms with Gasteiger partial charge in [0, 0.05) is 32.3 Å². The number of likely N-dealkylation sites (N-methyl/N-ethyl adjacent to an activating group) is 1. The molecule has 0 amide bonds. The maximum Gasteiger partial charge on any atom is 0.146 e. The van der Waals surface area contributed by atoms with Crippen molar-refractivity contribution in [3.8, 4) is 0 Å². The number of ether oxygens (including phenoxy) is 1. The number of rotatable bonds is 9. The second-order valence-electron chi connectivity index (χ2n) is 5.22. The molecule has 1 aliphatic rings. The topological polar surface area (TPSA) is 24.5 Å². The molecule has 0 unspecified atom stereocenters. The molecule has 0 atom stereocenters. The van der Waals surface area contributed by atoms with Gasteiger partial charge in [-0.1, -0.05) is 6.07 Å². The molecule has 0 aliphatic heterocycles. The first-order chi connectivity index (χ1) is 9.74. The Morgan fingerprint density at radius 1 is 1.35 bits per heavy atom. The first-order valence-corrected chi connectivity index (χ1v) is 7.59. The van der Waals surface area contributed by atoms with Crippen molar-refractivity contribution in [1.29, 1.82) is 0 Å². The van der Waals surface area contributed by atoms with E-state index in [-0.39, 0.29) is 5.82 Å². The first-order valence-electron chi connectivity index (χ1n) is 7.59. The average Bonchev–Trinajstić information content (AvgIpc) is 3.27. The van der Waals surface area contributed by atoms with Crippen LogP contribution in [0.5, 0.6) is 0 Å². The lowest BCUT2D eigenvalue weighted by Crippen LogP contribution is -2.28. The van der Waals surface area contributed by atoms with Gasteiger partial charge in [0.2, 0.25) is 0 Å². The number of hydrogen-bond donors (Lipinski definition) is 1. The molecule has 1 aliphatic carbocycles. The third-order valence-electron chi connectivity index (χ3n) is 3.62. The van der Waals surface area contributed by atoms with Crippen LogP contribution in [0, 0.1) is 5.82 Å². The molecule has 1 saturated carbocycles. The van der Waals surface area contributed by atoms with E-state index in [1.54, 1.807) is 6.07 Å². The highest BCUT2D eigenvalue weighted by Gasteiger charge is 2.20. The van der Waals surface area contributed by atoms with Crippen LogP contribution in [0.25, 0.3) is 0 Å².